The highest BCUT2D eigenvalue weighted by Gasteiger charge is 2.18. The lowest BCUT2D eigenvalue weighted by molar-refractivity contribution is 0.0942. The van der Waals surface area contributed by atoms with Crippen LogP contribution in [0.25, 0.3) is 0 Å². The van der Waals surface area contributed by atoms with Crippen LogP contribution < -0.4 is 14.8 Å². The van der Waals surface area contributed by atoms with E-state index in [-0.39, 0.29) is 18.0 Å². The van der Waals surface area contributed by atoms with Gasteiger partial charge in [0.15, 0.2) is 5.69 Å². The second-order valence-corrected chi connectivity index (χ2v) is 4.45. The summed E-state index contributed by atoms with van der Waals surface area (Å²) >= 11 is 1.14. The highest BCUT2D eigenvalue weighted by Crippen LogP contribution is 2.32. The third kappa shape index (κ3) is 2.80. The lowest BCUT2D eigenvalue weighted by Gasteiger charge is -2.07. The Morgan fingerprint density at radius 3 is 2.90 bits per heavy atom. The molecule has 2 rings (SSSR count). The molecule has 8 heteroatoms. The van der Waals surface area contributed by atoms with E-state index in [0.717, 1.165) is 11.5 Å². The molecule has 0 bridgehead atoms. The summed E-state index contributed by atoms with van der Waals surface area (Å²) in [5, 5.41) is 12.8. The summed E-state index contributed by atoms with van der Waals surface area (Å²) in [4.78, 5) is 15.8. The molecule has 106 valence electrons. The molecule has 0 saturated carbocycles. The van der Waals surface area contributed by atoms with Gasteiger partial charge in [-0.15, -0.1) is 0 Å². The van der Waals surface area contributed by atoms with Crippen molar-refractivity contribution in [1.82, 2.24) is 14.7 Å². The Hall–Kier alpha value is -2.35. The molecule has 7 nitrogen and oxygen atoms in total. The minimum Gasteiger partial charge on any atom is -0.505 e. The lowest BCUT2D eigenvalue weighted by Crippen LogP contribution is -2.24. The van der Waals surface area contributed by atoms with E-state index in [1.165, 1.54) is 26.5 Å². The molecule has 0 unspecified atom stereocenters. The Balaban J connectivity index is 2.11. The average Bonchev–Trinajstić information content (AvgIpc) is 2.87. The Labute approximate surface area is 119 Å². The van der Waals surface area contributed by atoms with Gasteiger partial charge in [0.1, 0.15) is 5.75 Å². The van der Waals surface area contributed by atoms with E-state index >= 15 is 0 Å². The summed E-state index contributed by atoms with van der Waals surface area (Å²) in [6.45, 7) is 0.164. The fourth-order valence-electron chi connectivity index (χ4n) is 1.57. The summed E-state index contributed by atoms with van der Waals surface area (Å²) in [7, 11) is 3.01. The van der Waals surface area contributed by atoms with E-state index in [9.17, 15) is 9.90 Å². The summed E-state index contributed by atoms with van der Waals surface area (Å²) in [5.41, 5.74) is 0.609. The average molecular weight is 295 g/mol. The number of nitrogens with one attached hydrogen (secondary N) is 1. The predicted molar refractivity (Wildman–Crippen MR) is 72.3 cm³/mol. The van der Waals surface area contributed by atoms with E-state index in [1.54, 1.807) is 6.07 Å². The van der Waals surface area contributed by atoms with Crippen LogP contribution in [0.1, 0.15) is 16.1 Å². The first-order valence-electron chi connectivity index (χ1n) is 5.66. The molecule has 2 aromatic rings. The van der Waals surface area contributed by atoms with Gasteiger partial charge < -0.3 is 19.9 Å². The first-order chi connectivity index (χ1) is 9.67. The standard InChI is InChI=1S/C12H13N3O4S/c1-18-11-7(12(19-2)20-15-11)6-14-10(17)9-8(16)4-3-5-13-9/h3-5,16H,6H2,1-2H3,(H,14,17). The molecule has 0 radical (unpaired) electrons. The molecule has 2 heterocycles. The fraction of sp³-hybridized carbons (Fsp3) is 0.250. The number of carbonyl (C=O) groups is 1. The highest BCUT2D eigenvalue weighted by atomic mass is 32.1. The monoisotopic (exact) mass is 295 g/mol. The number of carbonyl (C=O) groups excluding carboxylic acids is 1. The number of hydrogen-bond acceptors (Lipinski definition) is 7. The minimum atomic E-state index is -0.488. The number of aromatic hydroxyl groups is 1. The van der Waals surface area contributed by atoms with Crippen molar-refractivity contribution >= 4 is 17.4 Å². The van der Waals surface area contributed by atoms with Crippen molar-refractivity contribution in [2.75, 3.05) is 14.2 Å². The second kappa shape index (κ2) is 6.20. The van der Waals surface area contributed by atoms with Crippen molar-refractivity contribution in [1.29, 1.82) is 0 Å². The Morgan fingerprint density at radius 1 is 1.45 bits per heavy atom. The van der Waals surface area contributed by atoms with Crippen LogP contribution in [0.4, 0.5) is 0 Å². The minimum absolute atomic E-state index is 0.0337. The molecule has 0 aliphatic heterocycles. The van der Waals surface area contributed by atoms with Crippen molar-refractivity contribution in [3.63, 3.8) is 0 Å². The quantitative estimate of drug-likeness (QED) is 0.860. The fourth-order valence-corrected chi connectivity index (χ4v) is 2.27. The molecular formula is C12H13N3O4S. The molecule has 0 aliphatic carbocycles. The smallest absolute Gasteiger partial charge is 0.274 e. The van der Waals surface area contributed by atoms with Crippen LogP contribution in [-0.2, 0) is 6.54 Å². The number of hydrogen-bond donors (Lipinski definition) is 2. The highest BCUT2D eigenvalue weighted by molar-refractivity contribution is 7.08. The molecule has 20 heavy (non-hydrogen) atoms. The molecule has 0 aromatic carbocycles. The topological polar surface area (TPSA) is 93.6 Å². The molecular weight excluding hydrogens is 282 g/mol. The molecule has 0 atom stereocenters. The van der Waals surface area contributed by atoms with E-state index in [1.807, 2.05) is 0 Å². The number of rotatable bonds is 5. The van der Waals surface area contributed by atoms with Crippen molar-refractivity contribution in [3.05, 3.63) is 29.6 Å². The summed E-state index contributed by atoms with van der Waals surface area (Å²) in [6, 6.07) is 2.94. The van der Waals surface area contributed by atoms with Gasteiger partial charge in [-0.25, -0.2) is 4.98 Å². The van der Waals surface area contributed by atoms with Gasteiger partial charge in [0, 0.05) is 17.7 Å². The van der Waals surface area contributed by atoms with Crippen molar-refractivity contribution in [2.45, 2.75) is 6.54 Å². The molecule has 0 fully saturated rings. The summed E-state index contributed by atoms with van der Waals surface area (Å²) in [5.74, 6) is -0.261. The zero-order valence-corrected chi connectivity index (χ0v) is 11.7. The zero-order chi connectivity index (χ0) is 14.5. The van der Waals surface area contributed by atoms with Crippen LogP contribution in [0.5, 0.6) is 16.7 Å². The molecule has 1 amide bonds. The Bertz CT molecular complexity index is 593. The molecule has 2 N–H and O–H groups in total. The van der Waals surface area contributed by atoms with Gasteiger partial charge in [0.05, 0.1) is 26.3 Å². The van der Waals surface area contributed by atoms with Crippen LogP contribution in [0.3, 0.4) is 0 Å². The normalized spacial score (nSPS) is 10.1. The van der Waals surface area contributed by atoms with Crippen LogP contribution in [0, 0.1) is 0 Å². The van der Waals surface area contributed by atoms with Gasteiger partial charge >= 0.3 is 0 Å². The third-order valence-electron chi connectivity index (χ3n) is 2.52. The maximum Gasteiger partial charge on any atom is 0.274 e. The number of amides is 1. The Kier molecular flexibility index (Phi) is 4.36. The molecule has 0 aliphatic rings. The van der Waals surface area contributed by atoms with Crippen molar-refractivity contribution in [3.8, 4) is 16.7 Å². The maximum atomic E-state index is 11.9. The third-order valence-corrected chi connectivity index (χ3v) is 3.36. The predicted octanol–water partition coefficient (Wildman–Crippen LogP) is 1.19. The van der Waals surface area contributed by atoms with Gasteiger partial charge in [0.25, 0.3) is 5.91 Å². The number of nitrogens with zero attached hydrogens (tertiary/aromatic N) is 2. The maximum absolute atomic E-state index is 11.9. The van der Waals surface area contributed by atoms with Crippen molar-refractivity contribution < 1.29 is 19.4 Å². The van der Waals surface area contributed by atoms with Crippen molar-refractivity contribution in [2.24, 2.45) is 0 Å². The van der Waals surface area contributed by atoms with Gasteiger partial charge in [-0.2, -0.15) is 4.37 Å². The van der Waals surface area contributed by atoms with Gasteiger partial charge in [-0.3, -0.25) is 4.79 Å². The van der Waals surface area contributed by atoms with Gasteiger partial charge in [-0.1, -0.05) is 0 Å². The van der Waals surface area contributed by atoms with Crippen LogP contribution >= 0.6 is 11.5 Å². The number of ether oxygens (including phenoxy) is 2. The van der Waals surface area contributed by atoms with Crippen LogP contribution in [0.2, 0.25) is 0 Å². The van der Waals surface area contributed by atoms with E-state index in [4.69, 9.17) is 9.47 Å². The molecule has 0 saturated heterocycles. The number of aromatic nitrogens is 2. The molecule has 2 aromatic heterocycles. The van der Waals surface area contributed by atoms with E-state index in [0.29, 0.717) is 16.5 Å². The van der Waals surface area contributed by atoms with Gasteiger partial charge in [-0.05, 0) is 12.1 Å². The Morgan fingerprint density at radius 2 is 2.25 bits per heavy atom. The summed E-state index contributed by atoms with van der Waals surface area (Å²) < 4.78 is 14.3. The SMILES string of the molecule is COc1nsc(OC)c1CNC(=O)c1ncccc1O. The largest absolute Gasteiger partial charge is 0.505 e. The molecule has 0 spiro atoms. The first-order valence-corrected chi connectivity index (χ1v) is 6.43. The lowest BCUT2D eigenvalue weighted by atomic mass is 10.3. The van der Waals surface area contributed by atoms with E-state index < -0.39 is 5.91 Å². The second-order valence-electron chi connectivity index (χ2n) is 3.72. The van der Waals surface area contributed by atoms with E-state index in [2.05, 4.69) is 14.7 Å². The van der Waals surface area contributed by atoms with Crippen LogP contribution in [0.15, 0.2) is 18.3 Å². The zero-order valence-electron chi connectivity index (χ0n) is 10.9. The first kappa shape index (κ1) is 14.1. The summed E-state index contributed by atoms with van der Waals surface area (Å²) in [6.07, 6.45) is 1.43. The van der Waals surface area contributed by atoms with Crippen LogP contribution in [-0.4, -0.2) is 34.6 Å². The number of pyridine rings is 1. The van der Waals surface area contributed by atoms with Gasteiger partial charge in [0.2, 0.25) is 10.9 Å². The number of methoxy groups -OCH3 is 2.